The number of hydrogen-bond acceptors (Lipinski definition) is 3. The van der Waals surface area contributed by atoms with E-state index in [1.165, 1.54) is 11.1 Å². The van der Waals surface area contributed by atoms with Crippen LogP contribution in [-0.4, -0.2) is 29.6 Å². The van der Waals surface area contributed by atoms with Crippen molar-refractivity contribution in [3.63, 3.8) is 0 Å². The van der Waals surface area contributed by atoms with Gasteiger partial charge in [-0.2, -0.15) is 0 Å². The summed E-state index contributed by atoms with van der Waals surface area (Å²) in [6.45, 7) is 6.90. The van der Waals surface area contributed by atoms with Gasteiger partial charge in [-0.1, -0.05) is 67.3 Å². The van der Waals surface area contributed by atoms with Crippen molar-refractivity contribution in [2.24, 2.45) is 5.92 Å². The summed E-state index contributed by atoms with van der Waals surface area (Å²) in [6, 6.07) is 14.8. The van der Waals surface area contributed by atoms with Crippen molar-refractivity contribution in [3.8, 4) is 0 Å². The van der Waals surface area contributed by atoms with Crippen molar-refractivity contribution >= 4 is 29.1 Å². The van der Waals surface area contributed by atoms with Crippen LogP contribution in [0.25, 0.3) is 6.08 Å². The Kier molecular flexibility index (Phi) is 5.92. The Morgan fingerprint density at radius 2 is 1.97 bits per heavy atom. The first-order valence-corrected chi connectivity index (χ1v) is 11.1. The highest BCUT2D eigenvalue weighted by Crippen LogP contribution is 2.43. The lowest BCUT2D eigenvalue weighted by molar-refractivity contribution is 0.402. The Bertz CT molecular complexity index is 1060. The summed E-state index contributed by atoms with van der Waals surface area (Å²) in [4.78, 5) is 1.81. The van der Waals surface area contributed by atoms with Gasteiger partial charge in [-0.05, 0) is 55.8 Å². The second kappa shape index (κ2) is 8.49. The molecule has 3 atom stereocenters. The van der Waals surface area contributed by atoms with Gasteiger partial charge in [0.25, 0.3) is 0 Å². The fourth-order valence-electron chi connectivity index (χ4n) is 4.52. The molecule has 1 aliphatic heterocycles. The summed E-state index contributed by atoms with van der Waals surface area (Å²) in [5.41, 5.74) is 7.14. The number of fused-ring (bicyclic) bond motifs is 1. The summed E-state index contributed by atoms with van der Waals surface area (Å²) in [5.74, 6) is -0.0997. The van der Waals surface area contributed by atoms with E-state index in [0.29, 0.717) is 5.71 Å². The van der Waals surface area contributed by atoms with Crippen LogP contribution >= 0.6 is 11.6 Å². The van der Waals surface area contributed by atoms with Crippen LogP contribution in [0.3, 0.4) is 0 Å². The molecule has 3 unspecified atom stereocenters. The molecule has 31 heavy (non-hydrogen) atoms. The number of hydrogen-bond donors (Lipinski definition) is 2. The molecule has 4 heteroatoms. The quantitative estimate of drug-likeness (QED) is 0.535. The molecule has 1 aliphatic carbocycles. The summed E-state index contributed by atoms with van der Waals surface area (Å²) < 4.78 is 0. The molecular formula is C27H30ClN3. The topological polar surface area (TPSA) is 39.1 Å². The van der Waals surface area contributed by atoms with Crippen LogP contribution in [0.4, 0.5) is 5.69 Å². The minimum atomic E-state index is -0.360. The number of allylic oxidation sites excluding steroid dienone is 3. The van der Waals surface area contributed by atoms with E-state index in [1.54, 1.807) is 0 Å². The van der Waals surface area contributed by atoms with E-state index in [1.807, 2.05) is 25.1 Å². The normalized spacial score (nSPS) is 25.1. The van der Waals surface area contributed by atoms with Crippen LogP contribution in [0.5, 0.6) is 0 Å². The molecule has 0 spiro atoms. The molecule has 0 saturated heterocycles. The second-order valence-corrected chi connectivity index (χ2v) is 9.85. The van der Waals surface area contributed by atoms with Crippen LogP contribution in [0, 0.1) is 11.3 Å². The Morgan fingerprint density at radius 3 is 2.58 bits per heavy atom. The maximum atomic E-state index is 9.22. The second-order valence-electron chi connectivity index (χ2n) is 8.99. The van der Waals surface area contributed by atoms with Gasteiger partial charge in [0.1, 0.15) is 0 Å². The Labute approximate surface area is 190 Å². The predicted molar refractivity (Wildman–Crippen MR) is 133 cm³/mol. The molecule has 3 nitrogen and oxygen atoms in total. The van der Waals surface area contributed by atoms with Crippen molar-refractivity contribution in [1.82, 2.24) is 4.90 Å². The van der Waals surface area contributed by atoms with Crippen molar-refractivity contribution < 1.29 is 0 Å². The lowest BCUT2D eigenvalue weighted by atomic mass is 9.74. The molecule has 0 bridgehead atoms. The van der Waals surface area contributed by atoms with Gasteiger partial charge in [-0.15, -0.1) is 11.6 Å². The average Bonchev–Trinajstić information content (AvgIpc) is 2.74. The number of halogens is 1. The zero-order chi connectivity index (χ0) is 22.2. The van der Waals surface area contributed by atoms with Gasteiger partial charge < -0.3 is 15.6 Å². The molecule has 0 saturated carbocycles. The van der Waals surface area contributed by atoms with Crippen LogP contribution in [0.15, 0.2) is 72.8 Å². The first-order valence-electron chi connectivity index (χ1n) is 10.7. The maximum absolute atomic E-state index is 9.22. The van der Waals surface area contributed by atoms with E-state index in [2.05, 4.69) is 79.5 Å². The molecule has 2 N–H and O–H groups in total. The molecule has 0 fully saturated rings. The number of rotatable bonds is 5. The zero-order valence-electron chi connectivity index (χ0n) is 18.5. The van der Waals surface area contributed by atoms with Gasteiger partial charge in [-0.3, -0.25) is 0 Å². The monoisotopic (exact) mass is 431 g/mol. The Morgan fingerprint density at radius 1 is 1.23 bits per heavy atom. The van der Waals surface area contributed by atoms with E-state index >= 15 is 0 Å². The molecule has 2 aliphatic rings. The minimum absolute atomic E-state index is 0.0240. The van der Waals surface area contributed by atoms with E-state index in [-0.39, 0.29) is 16.8 Å². The standard InChI is InChI=1S/C27H30ClN3/c1-5-19-7-6-8-22-23(19)25(29)24(20-13-15-27(2,28)16-14-20)26(30-22)21-11-9-18(10-12-21)17-31(3)4/h5-15,24,26,29-30H,1,16-17H2,2-4H3. The van der Waals surface area contributed by atoms with Crippen molar-refractivity contribution in [3.05, 3.63) is 95.1 Å². The van der Waals surface area contributed by atoms with Crippen LogP contribution in [-0.2, 0) is 6.54 Å². The highest BCUT2D eigenvalue weighted by atomic mass is 35.5. The number of nitrogens with zero attached hydrogens (tertiary/aromatic N) is 1. The molecule has 2 aromatic rings. The van der Waals surface area contributed by atoms with Gasteiger partial charge in [0.15, 0.2) is 0 Å². The van der Waals surface area contributed by atoms with Gasteiger partial charge in [-0.25, -0.2) is 0 Å². The lowest BCUT2D eigenvalue weighted by Crippen LogP contribution is -2.35. The molecule has 0 aromatic heterocycles. The first-order chi connectivity index (χ1) is 14.8. The first kappa shape index (κ1) is 21.6. The van der Waals surface area contributed by atoms with Gasteiger partial charge >= 0.3 is 0 Å². The SMILES string of the molecule is C=Cc1cccc2c1C(=N)C(C1=CCC(C)(Cl)C=C1)C(c1ccc(CN(C)C)cc1)N2. The summed E-state index contributed by atoms with van der Waals surface area (Å²) in [7, 11) is 4.16. The average molecular weight is 432 g/mol. The smallest absolute Gasteiger partial charge is 0.0638 e. The highest BCUT2D eigenvalue weighted by molar-refractivity contribution is 6.25. The number of anilines is 1. The number of benzene rings is 2. The number of nitrogens with one attached hydrogen (secondary N) is 2. The van der Waals surface area contributed by atoms with E-state index in [4.69, 9.17) is 11.6 Å². The van der Waals surface area contributed by atoms with Gasteiger partial charge in [0.05, 0.1) is 22.5 Å². The highest BCUT2D eigenvalue weighted by Gasteiger charge is 2.37. The largest absolute Gasteiger partial charge is 0.377 e. The van der Waals surface area contributed by atoms with Crippen molar-refractivity contribution in [1.29, 1.82) is 5.41 Å². The molecule has 4 rings (SSSR count). The molecular weight excluding hydrogens is 402 g/mol. The third-order valence-corrected chi connectivity index (χ3v) is 6.38. The van der Waals surface area contributed by atoms with E-state index in [0.717, 1.165) is 35.4 Å². The van der Waals surface area contributed by atoms with Gasteiger partial charge in [0.2, 0.25) is 0 Å². The zero-order valence-corrected chi connectivity index (χ0v) is 19.2. The molecule has 160 valence electrons. The Hall–Kier alpha value is -2.62. The van der Waals surface area contributed by atoms with Crippen LogP contribution < -0.4 is 5.32 Å². The van der Waals surface area contributed by atoms with Crippen molar-refractivity contribution in [2.45, 2.75) is 30.8 Å². The minimum Gasteiger partial charge on any atom is -0.377 e. The fraction of sp³-hybridized carbons (Fsp3) is 0.296. The van der Waals surface area contributed by atoms with Crippen LogP contribution in [0.1, 0.15) is 41.6 Å². The van der Waals surface area contributed by atoms with Gasteiger partial charge in [0, 0.05) is 17.8 Å². The molecule has 0 radical (unpaired) electrons. The van der Waals surface area contributed by atoms with E-state index in [9.17, 15) is 5.41 Å². The van der Waals surface area contributed by atoms with Crippen LogP contribution in [0.2, 0.25) is 0 Å². The fourth-order valence-corrected chi connectivity index (χ4v) is 4.66. The molecule has 1 heterocycles. The molecule has 0 amide bonds. The third-order valence-electron chi connectivity index (χ3n) is 6.10. The Balaban J connectivity index is 1.78. The van der Waals surface area contributed by atoms with E-state index < -0.39 is 0 Å². The maximum Gasteiger partial charge on any atom is 0.0638 e. The summed E-state index contributed by atoms with van der Waals surface area (Å²) >= 11 is 6.54. The predicted octanol–water partition coefficient (Wildman–Crippen LogP) is 6.43. The lowest BCUT2D eigenvalue weighted by Gasteiger charge is -2.38. The summed E-state index contributed by atoms with van der Waals surface area (Å²) in [5, 5.41) is 13.0. The molecule has 2 aromatic carbocycles. The number of alkyl halides is 1. The third kappa shape index (κ3) is 4.39. The van der Waals surface area contributed by atoms with Crippen molar-refractivity contribution in [2.75, 3.05) is 19.4 Å². The summed E-state index contributed by atoms with van der Waals surface area (Å²) in [6.07, 6.45) is 8.95.